The molecule has 0 aliphatic rings. The molecule has 1 heterocycles. The van der Waals surface area contributed by atoms with E-state index in [1.165, 1.54) is 0 Å². The van der Waals surface area contributed by atoms with Gasteiger partial charge >= 0.3 is 7.60 Å². The van der Waals surface area contributed by atoms with Crippen LogP contribution >= 0.6 is 7.60 Å². The van der Waals surface area contributed by atoms with Crippen LogP contribution in [0.5, 0.6) is 0 Å². The molecular weight excluding hydrogens is 261 g/mol. The fourth-order valence-corrected chi connectivity index (χ4v) is 2.09. The smallest absolute Gasteiger partial charge is 0.324 e. The standard InChI is InChI=1S/C14H18NO3P/c1-3-5-13(6-4-2)14-7-9-15(10-8-14)11-12-19(16,17)18/h3-10H,1,11-12H2,2H3,(H-,16,17,18)/p+1/b6-4-,13-5+. The van der Waals surface area contributed by atoms with Gasteiger partial charge in [0, 0.05) is 12.1 Å². The molecule has 0 bridgehead atoms. The van der Waals surface area contributed by atoms with Gasteiger partial charge in [-0.15, -0.1) is 0 Å². The molecule has 4 nitrogen and oxygen atoms in total. The predicted molar refractivity (Wildman–Crippen MR) is 76.5 cm³/mol. The number of aryl methyl sites for hydroxylation is 1. The molecule has 0 radical (unpaired) electrons. The summed E-state index contributed by atoms with van der Waals surface area (Å²) in [4.78, 5) is 17.7. The summed E-state index contributed by atoms with van der Waals surface area (Å²) in [5.41, 5.74) is 2.07. The van der Waals surface area contributed by atoms with Crippen LogP contribution in [0.2, 0.25) is 0 Å². The number of aromatic nitrogens is 1. The van der Waals surface area contributed by atoms with Crippen molar-refractivity contribution in [3.63, 3.8) is 0 Å². The summed E-state index contributed by atoms with van der Waals surface area (Å²) < 4.78 is 12.6. The highest BCUT2D eigenvalue weighted by molar-refractivity contribution is 7.51. The van der Waals surface area contributed by atoms with Gasteiger partial charge in [-0.1, -0.05) is 30.9 Å². The molecule has 0 fully saturated rings. The molecule has 0 unspecified atom stereocenters. The first kappa shape index (κ1) is 15.6. The van der Waals surface area contributed by atoms with Crippen LogP contribution in [0, 0.1) is 0 Å². The molecule has 0 spiro atoms. The Labute approximate surface area is 113 Å². The van der Waals surface area contributed by atoms with E-state index < -0.39 is 7.60 Å². The van der Waals surface area contributed by atoms with Gasteiger partial charge in [-0.2, -0.15) is 0 Å². The molecule has 0 amide bonds. The van der Waals surface area contributed by atoms with E-state index in [0.29, 0.717) is 6.54 Å². The van der Waals surface area contributed by atoms with E-state index in [9.17, 15) is 4.57 Å². The Morgan fingerprint density at radius 2 is 2.05 bits per heavy atom. The van der Waals surface area contributed by atoms with Crippen LogP contribution in [0.25, 0.3) is 5.57 Å². The lowest BCUT2D eigenvalue weighted by molar-refractivity contribution is -0.692. The number of pyridine rings is 1. The summed E-state index contributed by atoms with van der Waals surface area (Å²) in [5, 5.41) is 0. The lowest BCUT2D eigenvalue weighted by Crippen LogP contribution is -2.34. The third-order valence-electron chi connectivity index (χ3n) is 2.52. The zero-order valence-electron chi connectivity index (χ0n) is 10.9. The summed E-state index contributed by atoms with van der Waals surface area (Å²) in [6.07, 6.45) is 11.0. The Morgan fingerprint density at radius 3 is 2.53 bits per heavy atom. The van der Waals surface area contributed by atoms with Gasteiger partial charge in [0.15, 0.2) is 18.9 Å². The number of nitrogens with zero attached hydrogens (tertiary/aromatic N) is 1. The fraction of sp³-hybridized carbons (Fsp3) is 0.214. The van der Waals surface area contributed by atoms with Crippen LogP contribution in [0.1, 0.15) is 12.5 Å². The maximum atomic E-state index is 10.8. The van der Waals surface area contributed by atoms with Crippen molar-refractivity contribution in [3.8, 4) is 0 Å². The van der Waals surface area contributed by atoms with E-state index >= 15 is 0 Å². The summed E-state index contributed by atoms with van der Waals surface area (Å²) in [5.74, 6) is 0. The number of hydrogen-bond donors (Lipinski definition) is 2. The normalized spacial score (nSPS) is 12.9. The van der Waals surface area contributed by atoms with E-state index in [1.807, 2.05) is 49.7 Å². The highest BCUT2D eigenvalue weighted by Crippen LogP contribution is 2.33. The highest BCUT2D eigenvalue weighted by Gasteiger charge is 2.15. The minimum absolute atomic E-state index is 0.152. The largest absolute Gasteiger partial charge is 0.331 e. The van der Waals surface area contributed by atoms with Gasteiger partial charge in [0.2, 0.25) is 0 Å². The van der Waals surface area contributed by atoms with Crippen molar-refractivity contribution in [3.05, 3.63) is 61.0 Å². The summed E-state index contributed by atoms with van der Waals surface area (Å²) in [6, 6.07) is 3.82. The molecule has 1 rings (SSSR count). The summed E-state index contributed by atoms with van der Waals surface area (Å²) in [7, 11) is -3.94. The maximum Gasteiger partial charge on any atom is 0.331 e. The van der Waals surface area contributed by atoms with Gasteiger partial charge in [0.25, 0.3) is 0 Å². The molecule has 102 valence electrons. The zero-order valence-corrected chi connectivity index (χ0v) is 11.8. The quantitative estimate of drug-likeness (QED) is 0.477. The van der Waals surface area contributed by atoms with Crippen LogP contribution in [0.15, 0.2) is 55.4 Å². The predicted octanol–water partition coefficient (Wildman–Crippen LogP) is 2.30. The Morgan fingerprint density at radius 1 is 1.42 bits per heavy atom. The van der Waals surface area contributed by atoms with Crippen LogP contribution in [0.4, 0.5) is 0 Å². The Bertz CT molecular complexity index is 526. The first-order chi connectivity index (χ1) is 8.96. The highest BCUT2D eigenvalue weighted by atomic mass is 31.2. The summed E-state index contributed by atoms with van der Waals surface area (Å²) >= 11 is 0. The Hall–Kier alpha value is -1.48. The first-order valence-corrected chi connectivity index (χ1v) is 7.75. The van der Waals surface area contributed by atoms with Crippen molar-refractivity contribution in [2.24, 2.45) is 0 Å². The maximum absolute atomic E-state index is 10.8. The van der Waals surface area contributed by atoms with Crippen molar-refractivity contribution in [2.75, 3.05) is 6.16 Å². The molecule has 1 aromatic rings. The van der Waals surface area contributed by atoms with Gasteiger partial charge < -0.3 is 9.79 Å². The third-order valence-corrected chi connectivity index (χ3v) is 3.30. The molecular formula is C14H19NO3P+. The number of hydrogen-bond acceptors (Lipinski definition) is 1. The minimum atomic E-state index is -3.94. The average molecular weight is 280 g/mol. The molecule has 0 aliphatic carbocycles. The second-order valence-electron chi connectivity index (χ2n) is 4.07. The van der Waals surface area contributed by atoms with Crippen LogP contribution in [0.3, 0.4) is 0 Å². The van der Waals surface area contributed by atoms with E-state index in [0.717, 1.165) is 11.1 Å². The average Bonchev–Trinajstić information content (AvgIpc) is 2.36. The SMILES string of the molecule is C=C/C=C(\C=C/C)c1cc[n+](CCP(=O)(O)O)cc1. The Kier molecular flexibility index (Phi) is 5.90. The van der Waals surface area contributed by atoms with Crippen molar-refractivity contribution < 1.29 is 18.9 Å². The molecule has 0 saturated heterocycles. The third kappa shape index (κ3) is 5.79. The second kappa shape index (κ2) is 7.19. The fourth-order valence-electron chi connectivity index (χ4n) is 1.60. The zero-order chi connectivity index (χ0) is 14.3. The van der Waals surface area contributed by atoms with Crippen LogP contribution in [-0.4, -0.2) is 15.9 Å². The van der Waals surface area contributed by atoms with Crippen LogP contribution in [-0.2, 0) is 11.1 Å². The number of allylic oxidation sites excluding steroid dienone is 5. The van der Waals surface area contributed by atoms with Crippen molar-refractivity contribution in [1.82, 2.24) is 0 Å². The molecule has 0 atom stereocenters. The number of rotatable bonds is 6. The van der Waals surface area contributed by atoms with E-state index in [2.05, 4.69) is 6.58 Å². The van der Waals surface area contributed by atoms with Crippen LogP contribution < -0.4 is 4.57 Å². The monoisotopic (exact) mass is 280 g/mol. The van der Waals surface area contributed by atoms with Gasteiger partial charge in [-0.05, 0) is 18.1 Å². The molecule has 19 heavy (non-hydrogen) atoms. The topological polar surface area (TPSA) is 61.4 Å². The van der Waals surface area contributed by atoms with E-state index in [1.54, 1.807) is 10.6 Å². The van der Waals surface area contributed by atoms with Gasteiger partial charge in [0.05, 0.1) is 0 Å². The Balaban J connectivity index is 2.83. The first-order valence-electron chi connectivity index (χ1n) is 5.96. The molecule has 0 saturated carbocycles. The van der Waals surface area contributed by atoms with Gasteiger partial charge in [-0.25, -0.2) is 4.57 Å². The molecule has 0 aliphatic heterocycles. The van der Waals surface area contributed by atoms with Crippen molar-refractivity contribution >= 4 is 13.2 Å². The minimum Gasteiger partial charge on any atom is -0.324 e. The van der Waals surface area contributed by atoms with E-state index in [4.69, 9.17) is 9.79 Å². The lowest BCUT2D eigenvalue weighted by Gasteiger charge is -2.03. The second-order valence-corrected chi connectivity index (χ2v) is 5.85. The molecule has 0 aromatic carbocycles. The van der Waals surface area contributed by atoms with Crippen molar-refractivity contribution in [1.29, 1.82) is 0 Å². The van der Waals surface area contributed by atoms with E-state index in [-0.39, 0.29) is 6.16 Å². The van der Waals surface area contributed by atoms with Gasteiger partial charge in [0.1, 0.15) is 6.16 Å². The summed E-state index contributed by atoms with van der Waals surface area (Å²) in [6.45, 7) is 5.92. The molecule has 1 aromatic heterocycles. The van der Waals surface area contributed by atoms with Gasteiger partial charge in [-0.3, -0.25) is 4.57 Å². The molecule has 2 N–H and O–H groups in total. The molecule has 5 heteroatoms. The lowest BCUT2D eigenvalue weighted by atomic mass is 10.1. The van der Waals surface area contributed by atoms with Crippen molar-refractivity contribution in [2.45, 2.75) is 13.5 Å².